The van der Waals surface area contributed by atoms with Crippen LogP contribution in [0.3, 0.4) is 0 Å². The topological polar surface area (TPSA) is 66.4 Å². The van der Waals surface area contributed by atoms with E-state index in [2.05, 4.69) is 20.8 Å². The molecule has 1 amide bonds. The van der Waals surface area contributed by atoms with Gasteiger partial charge in [0, 0.05) is 11.1 Å². The Hall–Kier alpha value is -3.84. The van der Waals surface area contributed by atoms with Crippen LogP contribution in [0.15, 0.2) is 90.0 Å². The lowest BCUT2D eigenvalue weighted by molar-refractivity contribution is 0.102. The Morgan fingerprint density at radius 1 is 0.933 bits per heavy atom. The maximum atomic E-state index is 13.3. The molecule has 148 valence electrons. The number of hydrogen-bond acceptors (Lipinski definition) is 5. The minimum absolute atomic E-state index is 0.248. The molecule has 0 bridgehead atoms. The Kier molecular flexibility index (Phi) is 5.91. The third kappa shape index (κ3) is 4.76. The minimum atomic E-state index is -0.338. The van der Waals surface area contributed by atoms with Crippen LogP contribution in [0, 0.1) is 5.82 Å². The number of halogens is 1. The normalized spacial score (nSPS) is 10.8. The lowest BCUT2D eigenvalue weighted by Gasteiger charge is -2.05. The van der Waals surface area contributed by atoms with Crippen LogP contribution in [-0.4, -0.2) is 17.1 Å². The average molecular weight is 416 g/mol. The van der Waals surface area contributed by atoms with Crippen molar-refractivity contribution in [1.29, 1.82) is 0 Å². The van der Waals surface area contributed by atoms with Crippen LogP contribution in [0.5, 0.6) is 0 Å². The van der Waals surface area contributed by atoms with Gasteiger partial charge in [0.15, 0.2) is 0 Å². The van der Waals surface area contributed by atoms with E-state index in [-0.39, 0.29) is 11.7 Å². The molecule has 2 N–H and O–H groups in total. The number of hydrazone groups is 1. The number of benzene rings is 3. The smallest absolute Gasteiger partial charge is 0.256 e. The monoisotopic (exact) mass is 416 g/mol. The molecule has 0 unspecified atom stereocenters. The van der Waals surface area contributed by atoms with Crippen molar-refractivity contribution in [2.75, 3.05) is 10.7 Å². The molecule has 1 aromatic heterocycles. The molecule has 5 nitrogen and oxygen atoms in total. The molecule has 0 spiro atoms. The number of amides is 1. The van der Waals surface area contributed by atoms with Crippen molar-refractivity contribution in [3.63, 3.8) is 0 Å². The first kappa shape index (κ1) is 19.5. The maximum absolute atomic E-state index is 13.3. The molecular weight excluding hydrogens is 399 g/mol. The number of hydrogen-bond donors (Lipinski definition) is 2. The number of thiazole rings is 1. The molecule has 1 heterocycles. The molecule has 0 aliphatic rings. The number of aromatic nitrogens is 1. The molecule has 7 heteroatoms. The van der Waals surface area contributed by atoms with Crippen LogP contribution < -0.4 is 10.7 Å². The Morgan fingerprint density at radius 3 is 2.30 bits per heavy atom. The number of rotatable bonds is 6. The van der Waals surface area contributed by atoms with Crippen molar-refractivity contribution < 1.29 is 9.18 Å². The summed E-state index contributed by atoms with van der Waals surface area (Å²) >= 11 is 1.26. The second-order valence-electron chi connectivity index (χ2n) is 6.30. The molecule has 0 saturated carbocycles. The quantitative estimate of drug-likeness (QED) is 0.315. The van der Waals surface area contributed by atoms with Crippen LogP contribution in [-0.2, 0) is 0 Å². The zero-order valence-corrected chi connectivity index (χ0v) is 16.6. The third-order valence-electron chi connectivity index (χ3n) is 4.18. The Labute approximate surface area is 176 Å². The van der Waals surface area contributed by atoms with Gasteiger partial charge in [-0.1, -0.05) is 59.9 Å². The van der Waals surface area contributed by atoms with Crippen molar-refractivity contribution in [1.82, 2.24) is 4.98 Å². The first-order valence-corrected chi connectivity index (χ1v) is 9.98. The summed E-state index contributed by atoms with van der Waals surface area (Å²) in [4.78, 5) is 17.2. The van der Waals surface area contributed by atoms with E-state index in [1.54, 1.807) is 42.6 Å². The molecule has 0 aliphatic carbocycles. The second kappa shape index (κ2) is 9.11. The highest BCUT2D eigenvalue weighted by Crippen LogP contribution is 2.36. The summed E-state index contributed by atoms with van der Waals surface area (Å²) in [5.41, 5.74) is 5.61. The molecule has 30 heavy (non-hydrogen) atoms. The van der Waals surface area contributed by atoms with Crippen molar-refractivity contribution in [3.05, 3.63) is 102 Å². The first-order chi connectivity index (χ1) is 14.7. The molecule has 3 aromatic carbocycles. The van der Waals surface area contributed by atoms with E-state index in [4.69, 9.17) is 0 Å². The highest BCUT2D eigenvalue weighted by molar-refractivity contribution is 7.20. The summed E-state index contributed by atoms with van der Waals surface area (Å²) in [6.45, 7) is 0. The number of nitrogens with zero attached hydrogens (tertiary/aromatic N) is 2. The van der Waals surface area contributed by atoms with Crippen LogP contribution in [0.25, 0.3) is 11.3 Å². The Balaban J connectivity index is 1.60. The average Bonchev–Trinajstić information content (AvgIpc) is 3.18. The van der Waals surface area contributed by atoms with E-state index in [0.29, 0.717) is 27.0 Å². The van der Waals surface area contributed by atoms with Gasteiger partial charge < -0.3 is 5.32 Å². The molecule has 0 fully saturated rings. The fourth-order valence-corrected chi connectivity index (χ4v) is 3.55. The maximum Gasteiger partial charge on any atom is 0.256 e. The summed E-state index contributed by atoms with van der Waals surface area (Å²) < 4.78 is 13.3. The predicted octanol–water partition coefficient (Wildman–Crippen LogP) is 5.65. The van der Waals surface area contributed by atoms with E-state index in [9.17, 15) is 9.18 Å². The fourth-order valence-electron chi connectivity index (χ4n) is 2.72. The molecule has 4 rings (SSSR count). The fraction of sp³-hybridized carbons (Fsp3) is 0. The van der Waals surface area contributed by atoms with Crippen molar-refractivity contribution in [2.24, 2.45) is 5.10 Å². The molecular formula is C23H17FN4OS. The summed E-state index contributed by atoms with van der Waals surface area (Å²) in [6, 6.07) is 24.5. The van der Waals surface area contributed by atoms with Gasteiger partial charge in [0.05, 0.1) is 6.21 Å². The molecule has 4 aromatic rings. The lowest BCUT2D eigenvalue weighted by Crippen LogP contribution is -2.11. The van der Waals surface area contributed by atoms with Crippen LogP contribution in [0.2, 0.25) is 0 Å². The zero-order chi connectivity index (χ0) is 20.8. The van der Waals surface area contributed by atoms with Gasteiger partial charge >= 0.3 is 0 Å². The van der Waals surface area contributed by atoms with E-state index >= 15 is 0 Å². The van der Waals surface area contributed by atoms with Crippen LogP contribution >= 0.6 is 11.3 Å². The summed E-state index contributed by atoms with van der Waals surface area (Å²) in [6.07, 6.45) is 1.68. The summed E-state index contributed by atoms with van der Waals surface area (Å²) in [5.74, 6) is -0.586. The number of carbonyl (C=O) groups excluding carboxylic acids is 1. The molecule has 0 radical (unpaired) electrons. The van der Waals surface area contributed by atoms with Crippen molar-refractivity contribution >= 4 is 33.6 Å². The predicted molar refractivity (Wildman–Crippen MR) is 120 cm³/mol. The largest absolute Gasteiger partial charge is 0.312 e. The number of nitrogens with one attached hydrogen (secondary N) is 2. The first-order valence-electron chi connectivity index (χ1n) is 9.16. The van der Waals surface area contributed by atoms with Crippen molar-refractivity contribution in [3.8, 4) is 11.3 Å². The van der Waals surface area contributed by atoms with E-state index in [1.165, 1.54) is 23.5 Å². The zero-order valence-electron chi connectivity index (χ0n) is 15.7. The number of carbonyl (C=O) groups is 1. The van der Waals surface area contributed by atoms with Gasteiger partial charge in [-0.25, -0.2) is 9.37 Å². The Bertz CT molecular complexity index is 1160. The minimum Gasteiger partial charge on any atom is -0.312 e. The van der Waals surface area contributed by atoms with Gasteiger partial charge in [-0.3, -0.25) is 10.2 Å². The van der Waals surface area contributed by atoms with Crippen molar-refractivity contribution in [2.45, 2.75) is 0 Å². The van der Waals surface area contributed by atoms with E-state index < -0.39 is 0 Å². The highest BCUT2D eigenvalue weighted by Gasteiger charge is 2.16. The van der Waals surface area contributed by atoms with Crippen LogP contribution in [0.4, 0.5) is 14.5 Å². The lowest BCUT2D eigenvalue weighted by atomic mass is 10.1. The molecule has 0 saturated heterocycles. The number of anilines is 2. The second-order valence-corrected chi connectivity index (χ2v) is 7.30. The van der Waals surface area contributed by atoms with Gasteiger partial charge in [0.25, 0.3) is 5.91 Å². The molecule has 0 aliphatic heterocycles. The Morgan fingerprint density at radius 2 is 1.60 bits per heavy atom. The van der Waals surface area contributed by atoms with Crippen LogP contribution in [0.1, 0.15) is 15.9 Å². The SMILES string of the molecule is O=C(Nc1sc(N/N=C\c2ccccc2)nc1-c1ccc(F)cc1)c1ccccc1. The van der Waals surface area contributed by atoms with Gasteiger partial charge in [0.1, 0.15) is 16.5 Å². The van der Waals surface area contributed by atoms with E-state index in [1.807, 2.05) is 36.4 Å². The van der Waals surface area contributed by atoms with Gasteiger partial charge in [-0.2, -0.15) is 5.10 Å². The highest BCUT2D eigenvalue weighted by atomic mass is 32.1. The van der Waals surface area contributed by atoms with E-state index in [0.717, 1.165) is 5.56 Å². The van der Waals surface area contributed by atoms with Gasteiger partial charge in [-0.05, 0) is 42.0 Å². The third-order valence-corrected chi connectivity index (χ3v) is 5.06. The van der Waals surface area contributed by atoms with Gasteiger partial charge in [0.2, 0.25) is 5.13 Å². The summed E-state index contributed by atoms with van der Waals surface area (Å²) in [7, 11) is 0. The molecule has 0 atom stereocenters. The standard InChI is InChI=1S/C23H17FN4OS/c24-19-13-11-17(12-14-19)20-22(27-21(29)18-9-5-2-6-10-18)30-23(26-20)28-25-15-16-7-3-1-4-8-16/h1-15H,(H,26,28)(H,27,29)/b25-15-. The summed E-state index contributed by atoms with van der Waals surface area (Å²) in [5, 5.41) is 8.16. The van der Waals surface area contributed by atoms with Gasteiger partial charge in [-0.15, -0.1) is 0 Å².